The molecule has 0 saturated heterocycles. The Bertz CT molecular complexity index is 683. The molecule has 0 radical (unpaired) electrons. The number of ether oxygens (including phenoxy) is 2. The van der Waals surface area contributed by atoms with E-state index < -0.39 is 5.91 Å². The van der Waals surface area contributed by atoms with Gasteiger partial charge in [0.1, 0.15) is 18.0 Å². The van der Waals surface area contributed by atoms with Crippen LogP contribution in [0.2, 0.25) is 0 Å². The Hall–Kier alpha value is -3.17. The summed E-state index contributed by atoms with van der Waals surface area (Å²) in [4.78, 5) is 11.7. The fraction of sp³-hybridized carbons (Fsp3) is 0.250. The summed E-state index contributed by atoms with van der Waals surface area (Å²) >= 11 is 0. The predicted octanol–water partition coefficient (Wildman–Crippen LogP) is -0.577. The summed E-state index contributed by atoms with van der Waals surface area (Å²) in [6.45, 7) is -0.129. The van der Waals surface area contributed by atoms with E-state index in [1.807, 2.05) is 0 Å². The Labute approximate surface area is 125 Å². The summed E-state index contributed by atoms with van der Waals surface area (Å²) in [5.41, 5.74) is 8.49. The first-order valence-corrected chi connectivity index (χ1v) is 6.19. The Balaban J connectivity index is 1.97. The van der Waals surface area contributed by atoms with Gasteiger partial charge in [-0.15, -0.1) is 0 Å². The number of hydrogen-bond donors (Lipinski definition) is 2. The molecule has 1 aromatic heterocycles. The number of anilines is 1. The lowest BCUT2D eigenvalue weighted by atomic mass is 10.2. The lowest BCUT2D eigenvalue weighted by molar-refractivity contribution is -0.121. The third-order valence-corrected chi connectivity index (χ3v) is 2.69. The van der Waals surface area contributed by atoms with Crippen LogP contribution in [0.5, 0.6) is 11.5 Å². The van der Waals surface area contributed by atoms with Gasteiger partial charge in [-0.1, -0.05) is 5.10 Å². The fourth-order valence-corrected chi connectivity index (χ4v) is 1.59. The molecule has 0 aliphatic heterocycles. The van der Waals surface area contributed by atoms with Gasteiger partial charge in [0.25, 0.3) is 5.91 Å². The summed E-state index contributed by atoms with van der Waals surface area (Å²) in [6.07, 6.45) is 1.46. The highest BCUT2D eigenvalue weighted by molar-refractivity contribution is 5.85. The van der Waals surface area contributed by atoms with Gasteiger partial charge in [-0.25, -0.2) is 10.1 Å². The zero-order valence-corrected chi connectivity index (χ0v) is 12.1. The van der Waals surface area contributed by atoms with Gasteiger partial charge in [0.2, 0.25) is 5.95 Å². The van der Waals surface area contributed by atoms with Crippen molar-refractivity contribution in [3.8, 4) is 11.5 Å². The summed E-state index contributed by atoms with van der Waals surface area (Å²) in [5.74, 6) is 0.868. The van der Waals surface area contributed by atoms with E-state index in [4.69, 9.17) is 15.2 Å². The molecular formula is C12H15N7O3. The number of carbonyl (C=O) groups is 1. The van der Waals surface area contributed by atoms with E-state index >= 15 is 0 Å². The zero-order chi connectivity index (χ0) is 15.9. The Morgan fingerprint density at radius 3 is 2.91 bits per heavy atom. The van der Waals surface area contributed by atoms with E-state index in [-0.39, 0.29) is 12.5 Å². The van der Waals surface area contributed by atoms with Crippen LogP contribution in [0.1, 0.15) is 5.56 Å². The number of tetrazole rings is 1. The highest BCUT2D eigenvalue weighted by atomic mass is 16.5. The molecule has 0 fully saturated rings. The molecule has 0 bridgehead atoms. The van der Waals surface area contributed by atoms with Crippen molar-refractivity contribution in [1.29, 1.82) is 0 Å². The second kappa shape index (κ2) is 7.02. The molecule has 10 nitrogen and oxygen atoms in total. The lowest BCUT2D eigenvalue weighted by Crippen LogP contribution is -2.24. The summed E-state index contributed by atoms with van der Waals surface area (Å²) < 4.78 is 11.5. The average Bonchev–Trinajstić information content (AvgIpc) is 2.92. The second-order valence-corrected chi connectivity index (χ2v) is 4.10. The molecule has 2 aromatic rings. The summed E-state index contributed by atoms with van der Waals surface area (Å²) in [7, 11) is 3.10. The first kappa shape index (κ1) is 15.2. The van der Waals surface area contributed by atoms with Crippen molar-refractivity contribution >= 4 is 18.1 Å². The second-order valence-electron chi connectivity index (χ2n) is 4.10. The number of nitrogens with zero attached hydrogens (tertiary/aromatic N) is 5. The molecule has 1 amide bonds. The van der Waals surface area contributed by atoms with E-state index in [2.05, 4.69) is 26.1 Å². The van der Waals surface area contributed by atoms with Crippen molar-refractivity contribution < 1.29 is 14.3 Å². The molecule has 2 rings (SSSR count). The van der Waals surface area contributed by atoms with Crippen LogP contribution in [-0.2, 0) is 11.3 Å². The summed E-state index contributed by atoms with van der Waals surface area (Å²) in [5, 5.41) is 14.2. The van der Waals surface area contributed by atoms with Crippen molar-refractivity contribution in [1.82, 2.24) is 25.6 Å². The maximum Gasteiger partial charge on any atom is 0.261 e. The quantitative estimate of drug-likeness (QED) is 0.539. The molecule has 0 aliphatic rings. The van der Waals surface area contributed by atoms with Crippen LogP contribution in [0.25, 0.3) is 0 Å². The van der Waals surface area contributed by atoms with Crippen LogP contribution in [0.4, 0.5) is 5.95 Å². The van der Waals surface area contributed by atoms with Crippen molar-refractivity contribution in [3.63, 3.8) is 0 Å². The number of methoxy groups -OCH3 is 2. The SMILES string of the molecule is COc1ccc(/C=N\NC(=O)Cn2nnnc2N)c(OC)c1. The van der Waals surface area contributed by atoms with Crippen molar-refractivity contribution in [2.24, 2.45) is 5.10 Å². The van der Waals surface area contributed by atoms with Crippen LogP contribution in [0, 0.1) is 0 Å². The standard InChI is InChI=1S/C12H15N7O3/c1-21-9-4-3-8(10(5-9)22-2)6-14-15-11(20)7-19-12(13)16-17-18-19/h3-6H,7H2,1-2H3,(H,15,20)(H2,13,16,18)/b14-6-. The van der Waals surface area contributed by atoms with Crippen LogP contribution >= 0.6 is 0 Å². The van der Waals surface area contributed by atoms with Gasteiger partial charge in [-0.3, -0.25) is 4.79 Å². The smallest absolute Gasteiger partial charge is 0.261 e. The van der Waals surface area contributed by atoms with E-state index in [1.54, 1.807) is 25.3 Å². The molecule has 1 aromatic carbocycles. The number of hydrazone groups is 1. The number of nitrogens with two attached hydrogens (primary N) is 1. The number of amides is 1. The lowest BCUT2D eigenvalue weighted by Gasteiger charge is -2.06. The minimum Gasteiger partial charge on any atom is -0.497 e. The molecule has 0 atom stereocenters. The van der Waals surface area contributed by atoms with E-state index in [9.17, 15) is 4.79 Å². The Morgan fingerprint density at radius 1 is 1.45 bits per heavy atom. The number of benzene rings is 1. The topological polar surface area (TPSA) is 130 Å². The van der Waals surface area contributed by atoms with Gasteiger partial charge >= 0.3 is 0 Å². The molecule has 1 heterocycles. The predicted molar refractivity (Wildman–Crippen MR) is 77.5 cm³/mol. The van der Waals surface area contributed by atoms with Crippen LogP contribution < -0.4 is 20.6 Å². The number of rotatable bonds is 6. The third kappa shape index (κ3) is 3.69. The Morgan fingerprint density at radius 2 is 2.27 bits per heavy atom. The maximum atomic E-state index is 11.7. The number of carbonyl (C=O) groups excluding carboxylic acids is 1. The molecule has 0 saturated carbocycles. The van der Waals surface area contributed by atoms with E-state index in [1.165, 1.54) is 13.3 Å². The molecular weight excluding hydrogens is 290 g/mol. The summed E-state index contributed by atoms with van der Waals surface area (Å²) in [6, 6.07) is 5.23. The minimum absolute atomic E-state index is 0.0518. The molecule has 116 valence electrons. The fourth-order valence-electron chi connectivity index (χ4n) is 1.59. The van der Waals surface area contributed by atoms with E-state index in [0.29, 0.717) is 17.1 Å². The van der Waals surface area contributed by atoms with Crippen LogP contribution in [0.3, 0.4) is 0 Å². The normalized spacial score (nSPS) is 10.6. The van der Waals surface area contributed by atoms with Crippen LogP contribution in [-0.4, -0.2) is 46.5 Å². The van der Waals surface area contributed by atoms with E-state index in [0.717, 1.165) is 4.68 Å². The first-order valence-electron chi connectivity index (χ1n) is 6.19. The monoisotopic (exact) mass is 305 g/mol. The molecule has 0 spiro atoms. The largest absolute Gasteiger partial charge is 0.497 e. The molecule has 0 aliphatic carbocycles. The highest BCUT2D eigenvalue weighted by Crippen LogP contribution is 2.22. The van der Waals surface area contributed by atoms with Crippen molar-refractivity contribution in [2.45, 2.75) is 6.54 Å². The zero-order valence-electron chi connectivity index (χ0n) is 12.1. The van der Waals surface area contributed by atoms with Crippen molar-refractivity contribution in [3.05, 3.63) is 23.8 Å². The molecule has 10 heteroatoms. The molecule has 0 unspecified atom stereocenters. The van der Waals surface area contributed by atoms with Gasteiger partial charge in [0.15, 0.2) is 0 Å². The Kier molecular flexibility index (Phi) is 4.85. The minimum atomic E-state index is -0.414. The number of aromatic nitrogens is 4. The number of nitrogens with one attached hydrogen (secondary N) is 1. The number of hydrogen-bond acceptors (Lipinski definition) is 8. The van der Waals surface area contributed by atoms with Crippen molar-refractivity contribution in [2.75, 3.05) is 20.0 Å². The molecule has 3 N–H and O–H groups in total. The van der Waals surface area contributed by atoms with Gasteiger partial charge < -0.3 is 15.2 Å². The average molecular weight is 305 g/mol. The third-order valence-electron chi connectivity index (χ3n) is 2.69. The van der Waals surface area contributed by atoms with Gasteiger partial charge in [0, 0.05) is 11.6 Å². The highest BCUT2D eigenvalue weighted by Gasteiger charge is 2.07. The van der Waals surface area contributed by atoms with Gasteiger partial charge in [0.05, 0.1) is 20.4 Å². The molecule has 22 heavy (non-hydrogen) atoms. The van der Waals surface area contributed by atoms with Crippen LogP contribution in [0.15, 0.2) is 23.3 Å². The van der Waals surface area contributed by atoms with Gasteiger partial charge in [-0.2, -0.15) is 5.10 Å². The first-order chi connectivity index (χ1) is 10.6. The van der Waals surface area contributed by atoms with Gasteiger partial charge in [-0.05, 0) is 22.6 Å². The number of nitrogen functional groups attached to an aromatic ring is 1. The maximum absolute atomic E-state index is 11.7.